The van der Waals surface area contributed by atoms with E-state index < -0.39 is 0 Å². The number of hydrogen-bond donors (Lipinski definition) is 1. The third kappa shape index (κ3) is 6.80. The van der Waals surface area contributed by atoms with Gasteiger partial charge in [0.2, 0.25) is 0 Å². The fourth-order valence-electron chi connectivity index (χ4n) is 2.42. The Balaban J connectivity index is 2.14. The molecule has 18 heavy (non-hydrogen) atoms. The molecule has 1 N–H and O–H groups in total. The third-order valence-corrected chi connectivity index (χ3v) is 3.59. The van der Waals surface area contributed by atoms with Crippen molar-refractivity contribution in [3.05, 3.63) is 35.9 Å². The maximum atomic E-state index is 9.43. The summed E-state index contributed by atoms with van der Waals surface area (Å²) in [6, 6.07) is 10.5. The number of benzene rings is 1. The van der Waals surface area contributed by atoms with Gasteiger partial charge in [-0.1, -0.05) is 75.8 Å². The molecule has 0 aliphatic carbocycles. The molecular weight excluding hydrogens is 220 g/mol. The second-order valence-electron chi connectivity index (χ2n) is 5.29. The van der Waals surface area contributed by atoms with E-state index in [0.29, 0.717) is 12.5 Å². The highest BCUT2D eigenvalue weighted by molar-refractivity contribution is 5.15. The molecule has 0 saturated carbocycles. The maximum Gasteiger partial charge on any atom is 0.0462 e. The molecule has 0 aliphatic heterocycles. The Hall–Kier alpha value is -0.820. The first-order valence-electron chi connectivity index (χ1n) is 7.51. The van der Waals surface area contributed by atoms with Crippen molar-refractivity contribution >= 4 is 0 Å². The van der Waals surface area contributed by atoms with Crippen LogP contribution in [-0.4, -0.2) is 11.7 Å². The van der Waals surface area contributed by atoms with Gasteiger partial charge in [0.25, 0.3) is 0 Å². The van der Waals surface area contributed by atoms with Crippen LogP contribution in [0.5, 0.6) is 0 Å². The average Bonchev–Trinajstić information content (AvgIpc) is 2.42. The summed E-state index contributed by atoms with van der Waals surface area (Å²) in [5, 5.41) is 9.43. The lowest BCUT2D eigenvalue weighted by molar-refractivity contribution is 0.214. The van der Waals surface area contributed by atoms with Crippen LogP contribution in [0.2, 0.25) is 0 Å². The minimum atomic E-state index is 0.323. The van der Waals surface area contributed by atoms with E-state index in [1.807, 2.05) is 6.07 Å². The minimum absolute atomic E-state index is 0.323. The molecule has 0 amide bonds. The molecule has 0 saturated heterocycles. The van der Waals surface area contributed by atoms with Gasteiger partial charge in [0.1, 0.15) is 0 Å². The Kier molecular flexibility index (Phi) is 8.58. The molecule has 1 rings (SSSR count). The van der Waals surface area contributed by atoms with Crippen molar-refractivity contribution in [2.45, 2.75) is 58.3 Å². The summed E-state index contributed by atoms with van der Waals surface area (Å²) in [5.41, 5.74) is 1.35. The first kappa shape index (κ1) is 15.2. The van der Waals surface area contributed by atoms with Crippen molar-refractivity contribution in [2.24, 2.45) is 5.92 Å². The second kappa shape index (κ2) is 10.1. The molecule has 1 aromatic rings. The lowest BCUT2D eigenvalue weighted by Gasteiger charge is -2.14. The van der Waals surface area contributed by atoms with Crippen LogP contribution in [0.15, 0.2) is 30.3 Å². The molecule has 0 heterocycles. The molecule has 0 aliphatic rings. The second-order valence-corrected chi connectivity index (χ2v) is 5.29. The summed E-state index contributed by atoms with van der Waals surface area (Å²) in [6.07, 6.45) is 10.2. The fraction of sp³-hybridized carbons (Fsp3) is 0.647. The highest BCUT2D eigenvalue weighted by Gasteiger charge is 2.07. The number of aliphatic hydroxyl groups excluding tert-OH is 1. The van der Waals surface area contributed by atoms with E-state index in [1.54, 1.807) is 0 Å². The summed E-state index contributed by atoms with van der Waals surface area (Å²) < 4.78 is 0. The van der Waals surface area contributed by atoms with E-state index in [4.69, 9.17) is 0 Å². The van der Waals surface area contributed by atoms with Gasteiger partial charge in [-0.25, -0.2) is 0 Å². The van der Waals surface area contributed by atoms with E-state index in [0.717, 1.165) is 12.8 Å². The molecule has 1 aromatic carbocycles. The zero-order chi connectivity index (χ0) is 13.1. The lowest BCUT2D eigenvalue weighted by Crippen LogP contribution is -2.09. The monoisotopic (exact) mass is 248 g/mol. The van der Waals surface area contributed by atoms with Gasteiger partial charge in [0.05, 0.1) is 0 Å². The molecule has 1 nitrogen and oxygen atoms in total. The van der Waals surface area contributed by atoms with Crippen LogP contribution in [0.4, 0.5) is 0 Å². The Bertz CT molecular complexity index is 281. The van der Waals surface area contributed by atoms with Crippen LogP contribution < -0.4 is 0 Å². The predicted molar refractivity (Wildman–Crippen MR) is 78.7 cm³/mol. The van der Waals surface area contributed by atoms with Gasteiger partial charge in [-0.2, -0.15) is 0 Å². The van der Waals surface area contributed by atoms with Gasteiger partial charge < -0.3 is 5.11 Å². The van der Waals surface area contributed by atoms with Gasteiger partial charge >= 0.3 is 0 Å². The SMILES string of the molecule is CCCCCCCCC(CO)Cc1ccccc1. The number of aliphatic hydroxyl groups is 1. The summed E-state index contributed by atoms with van der Waals surface area (Å²) in [5.74, 6) is 0.443. The molecule has 1 unspecified atom stereocenters. The standard InChI is InChI=1S/C17H28O/c1-2-3-4-5-6-8-13-17(15-18)14-16-11-9-7-10-12-16/h7,9-12,17-18H,2-6,8,13-15H2,1H3. The van der Waals surface area contributed by atoms with Crippen molar-refractivity contribution in [1.29, 1.82) is 0 Å². The third-order valence-electron chi connectivity index (χ3n) is 3.59. The van der Waals surface area contributed by atoms with E-state index in [9.17, 15) is 5.11 Å². The van der Waals surface area contributed by atoms with E-state index in [2.05, 4.69) is 31.2 Å². The van der Waals surface area contributed by atoms with Crippen LogP contribution in [0.3, 0.4) is 0 Å². The summed E-state index contributed by atoms with van der Waals surface area (Å²) in [4.78, 5) is 0. The molecule has 0 bridgehead atoms. The minimum Gasteiger partial charge on any atom is -0.396 e. The van der Waals surface area contributed by atoms with Crippen molar-refractivity contribution in [2.75, 3.05) is 6.61 Å². The van der Waals surface area contributed by atoms with Crippen LogP contribution in [0, 0.1) is 5.92 Å². The number of hydrogen-bond acceptors (Lipinski definition) is 1. The molecule has 0 aromatic heterocycles. The normalized spacial score (nSPS) is 12.6. The molecule has 1 heteroatoms. The summed E-state index contributed by atoms with van der Waals surface area (Å²) in [7, 11) is 0. The largest absolute Gasteiger partial charge is 0.396 e. The number of rotatable bonds is 10. The van der Waals surface area contributed by atoms with Gasteiger partial charge in [0.15, 0.2) is 0 Å². The molecule has 0 spiro atoms. The first-order chi connectivity index (χ1) is 8.86. The summed E-state index contributed by atoms with van der Waals surface area (Å²) >= 11 is 0. The molecular formula is C17H28O. The van der Waals surface area contributed by atoms with Gasteiger partial charge in [-0.15, -0.1) is 0 Å². The zero-order valence-corrected chi connectivity index (χ0v) is 11.8. The van der Waals surface area contributed by atoms with Crippen LogP contribution >= 0.6 is 0 Å². The Morgan fingerprint density at radius 3 is 2.28 bits per heavy atom. The zero-order valence-electron chi connectivity index (χ0n) is 11.8. The van der Waals surface area contributed by atoms with Crippen LogP contribution in [0.25, 0.3) is 0 Å². The molecule has 0 fully saturated rings. The maximum absolute atomic E-state index is 9.43. The molecule has 1 atom stereocenters. The number of unbranched alkanes of at least 4 members (excludes halogenated alkanes) is 5. The van der Waals surface area contributed by atoms with Crippen LogP contribution in [-0.2, 0) is 6.42 Å². The van der Waals surface area contributed by atoms with E-state index >= 15 is 0 Å². The Morgan fingerprint density at radius 2 is 1.61 bits per heavy atom. The topological polar surface area (TPSA) is 20.2 Å². The smallest absolute Gasteiger partial charge is 0.0462 e. The molecule has 102 valence electrons. The fourth-order valence-corrected chi connectivity index (χ4v) is 2.42. The van der Waals surface area contributed by atoms with Crippen molar-refractivity contribution in [3.8, 4) is 0 Å². The van der Waals surface area contributed by atoms with E-state index in [1.165, 1.54) is 44.1 Å². The highest BCUT2D eigenvalue weighted by Crippen LogP contribution is 2.16. The highest BCUT2D eigenvalue weighted by atomic mass is 16.3. The predicted octanol–water partition coefficient (Wildman–Crippen LogP) is 4.59. The van der Waals surface area contributed by atoms with Gasteiger partial charge in [-0.3, -0.25) is 0 Å². The van der Waals surface area contributed by atoms with Crippen molar-refractivity contribution in [3.63, 3.8) is 0 Å². The van der Waals surface area contributed by atoms with Crippen LogP contribution in [0.1, 0.15) is 57.4 Å². The lowest BCUT2D eigenvalue weighted by atomic mass is 9.94. The van der Waals surface area contributed by atoms with Gasteiger partial charge in [-0.05, 0) is 24.3 Å². The summed E-state index contributed by atoms with van der Waals surface area (Å²) in [6.45, 7) is 2.57. The van der Waals surface area contributed by atoms with Crippen molar-refractivity contribution in [1.82, 2.24) is 0 Å². The molecule has 0 radical (unpaired) electrons. The van der Waals surface area contributed by atoms with Gasteiger partial charge in [0, 0.05) is 6.61 Å². The van der Waals surface area contributed by atoms with Crippen molar-refractivity contribution < 1.29 is 5.11 Å². The quantitative estimate of drug-likeness (QED) is 0.600. The Morgan fingerprint density at radius 1 is 0.944 bits per heavy atom. The average molecular weight is 248 g/mol. The Labute approximate surface area is 112 Å². The first-order valence-corrected chi connectivity index (χ1v) is 7.51. The van der Waals surface area contributed by atoms with E-state index in [-0.39, 0.29) is 0 Å².